The standard InChI is InChI=1S/C15H23N3O6/c1-2-15(6-3-12(16)22,7-4-13(23)17-9-19)8-5-14(24)18(10-20)11-21/h3-8,19-21H,2,9-11H2,1H3,(H2,16,22)(H,17,23). The van der Waals surface area contributed by atoms with E-state index in [4.69, 9.17) is 21.1 Å². The molecule has 0 saturated carbocycles. The largest absolute Gasteiger partial charge is 0.376 e. The molecule has 6 N–H and O–H groups in total. The van der Waals surface area contributed by atoms with Crippen LogP contribution in [0.2, 0.25) is 0 Å². The molecule has 0 aliphatic heterocycles. The summed E-state index contributed by atoms with van der Waals surface area (Å²) < 4.78 is 0. The molecule has 0 aliphatic rings. The number of aliphatic hydroxyl groups excluding tert-OH is 3. The van der Waals surface area contributed by atoms with E-state index in [0.717, 1.165) is 23.1 Å². The van der Waals surface area contributed by atoms with Crippen LogP contribution in [-0.4, -0.2) is 58.1 Å². The maximum atomic E-state index is 11.8. The first-order chi connectivity index (χ1) is 11.3. The molecule has 0 aromatic rings. The van der Waals surface area contributed by atoms with E-state index >= 15 is 0 Å². The quantitative estimate of drug-likeness (QED) is 0.236. The van der Waals surface area contributed by atoms with Gasteiger partial charge in [0.05, 0.1) is 0 Å². The molecule has 0 aromatic carbocycles. The first-order valence-corrected chi connectivity index (χ1v) is 7.10. The second-order valence-electron chi connectivity index (χ2n) is 4.73. The summed E-state index contributed by atoms with van der Waals surface area (Å²) in [7, 11) is 0. The van der Waals surface area contributed by atoms with Gasteiger partial charge in [-0.25, -0.2) is 0 Å². The lowest BCUT2D eigenvalue weighted by Crippen LogP contribution is -2.31. The lowest BCUT2D eigenvalue weighted by atomic mass is 9.83. The molecule has 0 aromatic heterocycles. The Morgan fingerprint density at radius 2 is 1.58 bits per heavy atom. The van der Waals surface area contributed by atoms with Crippen molar-refractivity contribution in [1.82, 2.24) is 10.2 Å². The van der Waals surface area contributed by atoms with Crippen LogP contribution < -0.4 is 11.1 Å². The van der Waals surface area contributed by atoms with Crippen molar-refractivity contribution in [2.75, 3.05) is 20.2 Å². The predicted octanol–water partition coefficient (Wildman–Crippen LogP) is -1.67. The van der Waals surface area contributed by atoms with Gasteiger partial charge >= 0.3 is 0 Å². The lowest BCUT2D eigenvalue weighted by Gasteiger charge is -2.22. The molecule has 0 heterocycles. The molecule has 1 unspecified atom stereocenters. The molecule has 0 bridgehead atoms. The molecule has 0 saturated heterocycles. The second kappa shape index (κ2) is 11.1. The fraction of sp³-hybridized carbons (Fsp3) is 0.400. The van der Waals surface area contributed by atoms with Crippen molar-refractivity contribution in [3.63, 3.8) is 0 Å². The van der Waals surface area contributed by atoms with Gasteiger partial charge in [-0.05, 0) is 12.5 Å². The monoisotopic (exact) mass is 341 g/mol. The van der Waals surface area contributed by atoms with Crippen LogP contribution in [0.15, 0.2) is 36.5 Å². The van der Waals surface area contributed by atoms with Crippen LogP contribution in [0.1, 0.15) is 13.3 Å². The van der Waals surface area contributed by atoms with Gasteiger partial charge in [0, 0.05) is 17.6 Å². The number of hydrogen-bond acceptors (Lipinski definition) is 6. The first-order valence-electron chi connectivity index (χ1n) is 7.10. The number of hydrogen-bond donors (Lipinski definition) is 5. The maximum absolute atomic E-state index is 11.8. The Morgan fingerprint density at radius 1 is 1.04 bits per heavy atom. The van der Waals surface area contributed by atoms with E-state index in [1.165, 1.54) is 18.2 Å². The van der Waals surface area contributed by atoms with E-state index in [2.05, 4.69) is 5.32 Å². The van der Waals surface area contributed by atoms with E-state index in [1.807, 2.05) is 0 Å². The smallest absolute Gasteiger partial charge is 0.249 e. The molecule has 24 heavy (non-hydrogen) atoms. The highest BCUT2D eigenvalue weighted by Gasteiger charge is 2.20. The maximum Gasteiger partial charge on any atom is 0.249 e. The minimum Gasteiger partial charge on any atom is -0.376 e. The number of nitrogens with zero attached hydrogens (tertiary/aromatic N) is 1. The molecule has 134 valence electrons. The van der Waals surface area contributed by atoms with Crippen LogP contribution in [0.3, 0.4) is 0 Å². The van der Waals surface area contributed by atoms with Crippen LogP contribution in [0.5, 0.6) is 0 Å². The van der Waals surface area contributed by atoms with Crippen LogP contribution in [0.25, 0.3) is 0 Å². The van der Waals surface area contributed by atoms with E-state index in [0.29, 0.717) is 6.42 Å². The lowest BCUT2D eigenvalue weighted by molar-refractivity contribution is -0.134. The zero-order chi connectivity index (χ0) is 18.6. The first kappa shape index (κ1) is 21.5. The van der Waals surface area contributed by atoms with Crippen LogP contribution >= 0.6 is 0 Å². The summed E-state index contributed by atoms with van der Waals surface area (Å²) in [5.41, 5.74) is 4.10. The summed E-state index contributed by atoms with van der Waals surface area (Å²) in [5.74, 6) is -1.92. The Balaban J connectivity index is 5.55. The minimum absolute atomic E-state index is 0.377. The molecular weight excluding hydrogens is 318 g/mol. The van der Waals surface area contributed by atoms with Gasteiger partial charge in [0.15, 0.2) is 0 Å². The van der Waals surface area contributed by atoms with Crippen molar-refractivity contribution in [3.8, 4) is 0 Å². The van der Waals surface area contributed by atoms with Gasteiger partial charge in [-0.2, -0.15) is 0 Å². The fourth-order valence-electron chi connectivity index (χ4n) is 1.64. The minimum atomic E-state index is -0.978. The Morgan fingerprint density at radius 3 is 2.04 bits per heavy atom. The van der Waals surface area contributed by atoms with E-state index in [-0.39, 0.29) is 0 Å². The molecule has 0 fully saturated rings. The van der Waals surface area contributed by atoms with Crippen molar-refractivity contribution in [2.24, 2.45) is 11.1 Å². The number of nitrogens with one attached hydrogen (secondary N) is 1. The van der Waals surface area contributed by atoms with Crippen molar-refractivity contribution >= 4 is 17.7 Å². The Kier molecular flexibility index (Phi) is 9.96. The number of primary amides is 1. The van der Waals surface area contributed by atoms with Gasteiger partial charge in [0.25, 0.3) is 0 Å². The number of carbonyl (C=O) groups is 3. The number of carbonyl (C=O) groups excluding carboxylic acids is 3. The van der Waals surface area contributed by atoms with Crippen molar-refractivity contribution < 1.29 is 29.7 Å². The molecule has 1 atom stereocenters. The van der Waals surface area contributed by atoms with Gasteiger partial charge in [-0.15, -0.1) is 0 Å². The third kappa shape index (κ3) is 7.68. The fourth-order valence-corrected chi connectivity index (χ4v) is 1.64. The molecule has 9 nitrogen and oxygen atoms in total. The van der Waals surface area contributed by atoms with Crippen LogP contribution in [0.4, 0.5) is 0 Å². The Bertz CT molecular complexity index is 525. The van der Waals surface area contributed by atoms with Crippen LogP contribution in [0, 0.1) is 5.41 Å². The summed E-state index contributed by atoms with van der Waals surface area (Å²) in [4.78, 5) is 35.0. The number of nitrogens with two attached hydrogens (primary N) is 1. The molecule has 0 aliphatic carbocycles. The van der Waals surface area contributed by atoms with Gasteiger partial charge < -0.3 is 26.4 Å². The van der Waals surface area contributed by atoms with Crippen molar-refractivity contribution in [1.29, 1.82) is 0 Å². The van der Waals surface area contributed by atoms with E-state index < -0.39 is 43.3 Å². The average Bonchev–Trinajstić information content (AvgIpc) is 2.56. The summed E-state index contributed by atoms with van der Waals surface area (Å²) in [5, 5.41) is 28.7. The Labute approximate surface area is 139 Å². The number of aliphatic hydroxyl groups is 3. The SMILES string of the molecule is CCC(C=CC(N)=O)(C=CC(=O)NCO)C=CC(=O)N(CO)CO. The normalized spacial score (nSPS) is 14.2. The number of amides is 3. The van der Waals surface area contributed by atoms with E-state index in [1.54, 1.807) is 6.92 Å². The number of rotatable bonds is 10. The highest BCUT2D eigenvalue weighted by Crippen LogP contribution is 2.28. The van der Waals surface area contributed by atoms with Crippen molar-refractivity contribution in [2.45, 2.75) is 13.3 Å². The summed E-state index contributed by atoms with van der Waals surface area (Å²) in [6.45, 7) is -0.102. The molecular formula is C15H23N3O6. The third-order valence-electron chi connectivity index (χ3n) is 3.16. The zero-order valence-electron chi connectivity index (χ0n) is 13.4. The molecule has 0 radical (unpaired) electrons. The zero-order valence-corrected chi connectivity index (χ0v) is 13.4. The van der Waals surface area contributed by atoms with E-state index in [9.17, 15) is 14.4 Å². The topological polar surface area (TPSA) is 153 Å². The molecule has 3 amide bonds. The number of allylic oxidation sites excluding steroid dienone is 3. The molecule has 9 heteroatoms. The van der Waals surface area contributed by atoms with Crippen LogP contribution in [-0.2, 0) is 14.4 Å². The van der Waals surface area contributed by atoms with Gasteiger partial charge in [0.1, 0.15) is 20.2 Å². The highest BCUT2D eigenvalue weighted by molar-refractivity contribution is 5.89. The summed E-state index contributed by atoms with van der Waals surface area (Å²) in [6, 6.07) is 0. The third-order valence-corrected chi connectivity index (χ3v) is 3.16. The van der Waals surface area contributed by atoms with Crippen molar-refractivity contribution in [3.05, 3.63) is 36.5 Å². The second-order valence-corrected chi connectivity index (χ2v) is 4.73. The Hall–Kier alpha value is -2.49. The summed E-state index contributed by atoms with van der Waals surface area (Å²) >= 11 is 0. The molecule has 0 rings (SSSR count). The summed E-state index contributed by atoms with van der Waals surface area (Å²) in [6.07, 6.45) is 8.00. The highest BCUT2D eigenvalue weighted by atomic mass is 16.3. The van der Waals surface area contributed by atoms with Gasteiger partial charge in [-0.3, -0.25) is 19.3 Å². The van der Waals surface area contributed by atoms with Gasteiger partial charge in [-0.1, -0.05) is 25.2 Å². The van der Waals surface area contributed by atoms with Gasteiger partial charge in [0.2, 0.25) is 17.7 Å². The molecule has 0 spiro atoms. The average molecular weight is 341 g/mol. The predicted molar refractivity (Wildman–Crippen MR) is 85.6 cm³/mol.